The van der Waals surface area contributed by atoms with Gasteiger partial charge < -0.3 is 9.47 Å². The summed E-state index contributed by atoms with van der Waals surface area (Å²) in [7, 11) is -5.84. The van der Waals surface area contributed by atoms with Crippen molar-refractivity contribution in [2.24, 2.45) is 0 Å². The molecule has 1 saturated heterocycles. The molecule has 0 bridgehead atoms. The maximum absolute atomic E-state index is 12.4. The Kier molecular flexibility index (Phi) is 6.77. The maximum atomic E-state index is 12.4. The molecule has 1 aliphatic rings. The smallest absolute Gasteiger partial charge is 0.338 e. The van der Waals surface area contributed by atoms with Crippen molar-refractivity contribution in [1.29, 1.82) is 0 Å². The van der Waals surface area contributed by atoms with Crippen molar-refractivity contribution in [3.8, 4) is 0 Å². The SMILES string of the molecule is COC(=O)c1ccc(COC(=O)c2ccc(S(=O)(=O)NC3CCS(=O)(=O)C3)cc2)cc1. The van der Waals surface area contributed by atoms with Gasteiger partial charge in [-0.15, -0.1) is 0 Å². The van der Waals surface area contributed by atoms with Crippen LogP contribution in [0.1, 0.15) is 32.7 Å². The molecule has 9 nitrogen and oxygen atoms in total. The highest BCUT2D eigenvalue weighted by atomic mass is 32.2. The average Bonchev–Trinajstić information content (AvgIpc) is 3.09. The molecule has 1 fully saturated rings. The summed E-state index contributed by atoms with van der Waals surface area (Å²) in [5.41, 5.74) is 1.20. The minimum Gasteiger partial charge on any atom is -0.465 e. The van der Waals surface area contributed by atoms with E-state index in [1.807, 2.05) is 0 Å². The van der Waals surface area contributed by atoms with Crippen molar-refractivity contribution in [3.05, 3.63) is 65.2 Å². The van der Waals surface area contributed by atoms with Gasteiger partial charge in [0, 0.05) is 6.04 Å². The molecule has 1 N–H and O–H groups in total. The Bertz CT molecular complexity index is 1170. The molecule has 1 heterocycles. The summed E-state index contributed by atoms with van der Waals surface area (Å²) in [6.07, 6.45) is 0.229. The summed E-state index contributed by atoms with van der Waals surface area (Å²) in [6, 6.07) is 10.9. The van der Waals surface area contributed by atoms with E-state index < -0.39 is 37.8 Å². The lowest BCUT2D eigenvalue weighted by molar-refractivity contribution is 0.0471. The number of hydrogen-bond acceptors (Lipinski definition) is 8. The first-order chi connectivity index (χ1) is 14.6. The Morgan fingerprint density at radius 2 is 1.58 bits per heavy atom. The minimum absolute atomic E-state index is 0.0297. The van der Waals surface area contributed by atoms with E-state index >= 15 is 0 Å². The molecule has 1 atom stereocenters. The second-order valence-corrected chi connectivity index (χ2v) is 11.0. The fourth-order valence-electron chi connectivity index (χ4n) is 3.03. The summed E-state index contributed by atoms with van der Waals surface area (Å²) in [5, 5.41) is 0. The molecule has 0 aromatic heterocycles. The zero-order chi connectivity index (χ0) is 22.6. The summed E-state index contributed by atoms with van der Waals surface area (Å²) in [6.45, 7) is -0.0297. The fraction of sp³-hybridized carbons (Fsp3) is 0.300. The number of ether oxygens (including phenoxy) is 2. The predicted octanol–water partition coefficient (Wildman–Crippen LogP) is 1.30. The van der Waals surface area contributed by atoms with E-state index in [-0.39, 0.29) is 35.0 Å². The van der Waals surface area contributed by atoms with Crippen LogP contribution in [0, 0.1) is 0 Å². The first-order valence-corrected chi connectivity index (χ1v) is 12.6. The average molecular weight is 468 g/mol. The Hall–Kier alpha value is -2.76. The van der Waals surface area contributed by atoms with Crippen LogP contribution in [0.3, 0.4) is 0 Å². The van der Waals surface area contributed by atoms with Crippen LogP contribution in [-0.2, 0) is 35.9 Å². The molecule has 0 amide bonds. The van der Waals surface area contributed by atoms with Crippen LogP contribution in [0.25, 0.3) is 0 Å². The number of esters is 2. The molecule has 31 heavy (non-hydrogen) atoms. The van der Waals surface area contributed by atoms with Crippen LogP contribution in [-0.4, -0.2) is 53.4 Å². The highest BCUT2D eigenvalue weighted by Gasteiger charge is 2.31. The van der Waals surface area contributed by atoms with E-state index in [2.05, 4.69) is 9.46 Å². The summed E-state index contributed by atoms with van der Waals surface area (Å²) in [5.74, 6) is -1.38. The lowest BCUT2D eigenvalue weighted by atomic mass is 10.1. The van der Waals surface area contributed by atoms with Crippen molar-refractivity contribution in [2.45, 2.75) is 24.0 Å². The highest BCUT2D eigenvalue weighted by molar-refractivity contribution is 7.92. The molecule has 3 rings (SSSR count). The van der Waals surface area contributed by atoms with Crippen molar-refractivity contribution >= 4 is 31.8 Å². The topological polar surface area (TPSA) is 133 Å². The molecule has 2 aromatic carbocycles. The lowest BCUT2D eigenvalue weighted by Gasteiger charge is -2.12. The molecule has 0 saturated carbocycles. The number of carbonyl (C=O) groups is 2. The van der Waals surface area contributed by atoms with Gasteiger partial charge in [-0.2, -0.15) is 0 Å². The number of methoxy groups -OCH3 is 1. The Labute approximate surface area is 180 Å². The highest BCUT2D eigenvalue weighted by Crippen LogP contribution is 2.17. The van der Waals surface area contributed by atoms with Crippen molar-refractivity contribution in [1.82, 2.24) is 4.72 Å². The van der Waals surface area contributed by atoms with Gasteiger partial charge in [0.15, 0.2) is 9.84 Å². The van der Waals surface area contributed by atoms with Gasteiger partial charge in [0.05, 0.1) is 34.6 Å². The van der Waals surface area contributed by atoms with Gasteiger partial charge in [-0.25, -0.2) is 31.1 Å². The number of hydrogen-bond donors (Lipinski definition) is 1. The first-order valence-electron chi connectivity index (χ1n) is 9.27. The van der Waals surface area contributed by atoms with E-state index in [1.165, 1.54) is 31.4 Å². The minimum atomic E-state index is -3.91. The lowest BCUT2D eigenvalue weighted by Crippen LogP contribution is -2.35. The normalized spacial score (nSPS) is 17.8. The molecule has 0 aliphatic carbocycles. The molecular formula is C20H21NO8S2. The largest absolute Gasteiger partial charge is 0.465 e. The Balaban J connectivity index is 1.59. The van der Waals surface area contributed by atoms with Gasteiger partial charge in [-0.3, -0.25) is 0 Å². The van der Waals surface area contributed by atoms with Crippen LogP contribution in [0.4, 0.5) is 0 Å². The third-order valence-electron chi connectivity index (χ3n) is 4.70. The second-order valence-electron chi connectivity index (χ2n) is 7.01. The van der Waals surface area contributed by atoms with E-state index in [4.69, 9.17) is 4.74 Å². The molecule has 0 spiro atoms. The molecule has 1 aliphatic heterocycles. The number of sulfonamides is 1. The number of nitrogens with one attached hydrogen (secondary N) is 1. The summed E-state index contributed by atoms with van der Waals surface area (Å²) in [4.78, 5) is 23.6. The zero-order valence-corrected chi connectivity index (χ0v) is 18.2. The van der Waals surface area contributed by atoms with Gasteiger partial charge in [0.1, 0.15) is 6.61 Å². The quantitative estimate of drug-likeness (QED) is 0.603. The van der Waals surface area contributed by atoms with Crippen molar-refractivity contribution in [3.63, 3.8) is 0 Å². The van der Waals surface area contributed by atoms with Crippen molar-refractivity contribution in [2.75, 3.05) is 18.6 Å². The Morgan fingerprint density at radius 3 is 2.13 bits per heavy atom. The van der Waals surface area contributed by atoms with Crippen molar-refractivity contribution < 1.29 is 35.9 Å². The van der Waals surface area contributed by atoms with Crippen LogP contribution >= 0.6 is 0 Å². The Morgan fingerprint density at radius 1 is 1.00 bits per heavy atom. The van der Waals surface area contributed by atoms with E-state index in [1.54, 1.807) is 24.3 Å². The standard InChI is InChI=1S/C20H21NO8S2/c1-28-19(22)15-4-2-14(3-5-15)12-29-20(23)16-6-8-18(9-7-16)31(26,27)21-17-10-11-30(24,25)13-17/h2-9,17,21H,10-13H2,1H3. The third kappa shape index (κ3) is 5.90. The van der Waals surface area contributed by atoms with Crippen LogP contribution in [0.15, 0.2) is 53.4 Å². The number of carbonyl (C=O) groups excluding carboxylic acids is 2. The number of benzene rings is 2. The van der Waals surface area contributed by atoms with E-state index in [9.17, 15) is 26.4 Å². The molecule has 166 valence electrons. The second kappa shape index (κ2) is 9.16. The van der Waals surface area contributed by atoms with Crippen LogP contribution < -0.4 is 4.72 Å². The van der Waals surface area contributed by atoms with Gasteiger partial charge in [0.2, 0.25) is 10.0 Å². The van der Waals surface area contributed by atoms with Gasteiger partial charge in [-0.1, -0.05) is 12.1 Å². The zero-order valence-electron chi connectivity index (χ0n) is 16.6. The predicted molar refractivity (Wildman–Crippen MR) is 111 cm³/mol. The van der Waals surface area contributed by atoms with Gasteiger partial charge >= 0.3 is 11.9 Å². The van der Waals surface area contributed by atoms with Crippen LogP contribution in [0.5, 0.6) is 0 Å². The monoisotopic (exact) mass is 467 g/mol. The number of sulfone groups is 1. The van der Waals surface area contributed by atoms with Crippen LogP contribution in [0.2, 0.25) is 0 Å². The number of rotatable bonds is 7. The first kappa shape index (κ1) is 22.9. The van der Waals surface area contributed by atoms with Gasteiger partial charge in [-0.05, 0) is 48.4 Å². The molecular weight excluding hydrogens is 446 g/mol. The molecule has 11 heteroatoms. The van der Waals surface area contributed by atoms with E-state index in [0.29, 0.717) is 11.1 Å². The third-order valence-corrected chi connectivity index (χ3v) is 8.00. The molecule has 1 unspecified atom stereocenters. The van der Waals surface area contributed by atoms with Gasteiger partial charge in [0.25, 0.3) is 0 Å². The molecule has 2 aromatic rings. The van der Waals surface area contributed by atoms with E-state index in [0.717, 1.165) is 0 Å². The maximum Gasteiger partial charge on any atom is 0.338 e. The summed E-state index contributed by atoms with van der Waals surface area (Å²) < 4.78 is 60.1. The summed E-state index contributed by atoms with van der Waals surface area (Å²) >= 11 is 0. The molecule has 0 radical (unpaired) electrons. The fourth-order valence-corrected chi connectivity index (χ4v) is 6.08.